The largest absolute Gasteiger partial charge is 0.383 e. The fourth-order valence-electron chi connectivity index (χ4n) is 0.571. The van der Waals surface area contributed by atoms with Crippen molar-refractivity contribution >= 4 is 11.0 Å². The highest BCUT2D eigenvalue weighted by Gasteiger charge is 2.15. The maximum absolute atomic E-state index is 9.41. The van der Waals surface area contributed by atoms with Gasteiger partial charge in [0, 0.05) is 27.2 Å². The van der Waals surface area contributed by atoms with Gasteiger partial charge in [0.1, 0.15) is 0 Å². The molecule has 0 heterocycles. The summed E-state index contributed by atoms with van der Waals surface area (Å²) in [6, 6.07) is 0. The van der Waals surface area contributed by atoms with Crippen LogP contribution < -0.4 is 4.72 Å². The van der Waals surface area contributed by atoms with E-state index in [0.29, 0.717) is 19.7 Å². The van der Waals surface area contributed by atoms with E-state index in [2.05, 4.69) is 4.72 Å². The molecule has 76 valence electrons. The van der Waals surface area contributed by atoms with Gasteiger partial charge >= 0.3 is 0 Å². The molecule has 0 amide bonds. The van der Waals surface area contributed by atoms with E-state index in [1.165, 1.54) is 4.31 Å². The molecule has 0 bridgehead atoms. The topological polar surface area (TPSA) is 65.0 Å². The van der Waals surface area contributed by atoms with Crippen LogP contribution in [0, 0.1) is 0 Å². The zero-order valence-electron chi connectivity index (χ0n) is 7.78. The minimum Gasteiger partial charge on any atom is -0.383 e. The second-order valence-corrected chi connectivity index (χ2v) is 4.30. The maximum Gasteiger partial charge on any atom is 0.0604 e. The molecule has 0 atom stereocenters. The Bertz CT molecular complexity index is 123. The Kier molecular flexibility index (Phi) is 5.81. The van der Waals surface area contributed by atoms with Gasteiger partial charge in [-0.05, 0) is 0 Å². The normalized spacial score (nSPS) is 13.8. The van der Waals surface area contributed by atoms with Crippen molar-refractivity contribution < 1.29 is 13.8 Å². The average molecular weight is 198 g/mol. The van der Waals surface area contributed by atoms with Gasteiger partial charge in [-0.25, -0.2) is 4.72 Å². The van der Waals surface area contributed by atoms with Crippen molar-refractivity contribution in [2.24, 2.45) is 0 Å². The summed E-state index contributed by atoms with van der Waals surface area (Å²) < 4.78 is 27.6. The molecule has 0 saturated heterocycles. The van der Waals surface area contributed by atoms with Gasteiger partial charge in [-0.1, -0.05) is 17.9 Å². The molecule has 0 saturated carbocycles. The van der Waals surface area contributed by atoms with Crippen LogP contribution in [0.5, 0.6) is 0 Å². The summed E-state index contributed by atoms with van der Waals surface area (Å²) in [7, 11) is 0.435. The Labute approximate surface area is 75.3 Å². The van der Waals surface area contributed by atoms with Gasteiger partial charge in [0.15, 0.2) is 0 Å². The molecule has 0 aliphatic carbocycles. The van der Waals surface area contributed by atoms with Crippen LogP contribution in [-0.4, -0.2) is 47.3 Å². The number of rotatable bonds is 6. The molecular formula is C6H18N2O3S. The molecular weight excluding hydrogens is 180 g/mol. The smallest absolute Gasteiger partial charge is 0.0604 e. The number of nitrogens with zero attached hydrogens (tertiary/aromatic N) is 1. The van der Waals surface area contributed by atoms with Crippen molar-refractivity contribution in [3.63, 3.8) is 0 Å². The molecule has 0 rings (SSSR count). The van der Waals surface area contributed by atoms with Crippen LogP contribution in [0.25, 0.3) is 0 Å². The summed E-state index contributed by atoms with van der Waals surface area (Å²) in [6.07, 6.45) is 0. The van der Waals surface area contributed by atoms with E-state index in [1.807, 2.05) is 6.92 Å². The highest BCUT2D eigenvalue weighted by atomic mass is 32.3. The first-order chi connectivity index (χ1) is 5.54. The van der Waals surface area contributed by atoms with Crippen molar-refractivity contribution in [2.45, 2.75) is 6.92 Å². The van der Waals surface area contributed by atoms with Crippen LogP contribution in [0.2, 0.25) is 0 Å². The van der Waals surface area contributed by atoms with Gasteiger partial charge in [0.05, 0.1) is 6.61 Å². The van der Waals surface area contributed by atoms with E-state index >= 15 is 0 Å². The number of hydrogen-bond acceptors (Lipinski definition) is 5. The van der Waals surface area contributed by atoms with Crippen LogP contribution in [0.15, 0.2) is 0 Å². The van der Waals surface area contributed by atoms with E-state index in [9.17, 15) is 9.11 Å². The maximum atomic E-state index is 9.41. The lowest BCUT2D eigenvalue weighted by Crippen LogP contribution is -2.35. The first kappa shape index (κ1) is 12.2. The molecule has 6 heteroatoms. The monoisotopic (exact) mass is 198 g/mol. The van der Waals surface area contributed by atoms with Crippen LogP contribution in [-0.2, 0) is 4.74 Å². The summed E-state index contributed by atoms with van der Waals surface area (Å²) in [5.41, 5.74) is 0. The second kappa shape index (κ2) is 5.74. The summed E-state index contributed by atoms with van der Waals surface area (Å²) >= 11 is 0. The van der Waals surface area contributed by atoms with Crippen LogP contribution in [0.4, 0.5) is 0 Å². The highest BCUT2D eigenvalue weighted by Crippen LogP contribution is 2.35. The van der Waals surface area contributed by atoms with Gasteiger partial charge in [-0.15, -0.1) is 0 Å². The Morgan fingerprint density at radius 2 is 2.08 bits per heavy atom. The lowest BCUT2D eigenvalue weighted by Gasteiger charge is -2.40. The van der Waals surface area contributed by atoms with Gasteiger partial charge < -0.3 is 4.74 Å². The summed E-state index contributed by atoms with van der Waals surface area (Å²) in [5.74, 6) is 0. The quantitative estimate of drug-likeness (QED) is 0.550. The minimum absolute atomic E-state index is 0.434. The fraction of sp³-hybridized carbons (Fsp3) is 1.00. The standard InChI is InChI=1S/C6H18N2O3S/c1-4-8(2)12(9,10)7-5-6-11-3/h7,9-10H,4-6H2,1-3H3. The van der Waals surface area contributed by atoms with Gasteiger partial charge in [0.25, 0.3) is 0 Å². The SMILES string of the molecule is CCN(C)S(O)(O)NCCOC. The van der Waals surface area contributed by atoms with E-state index < -0.39 is 11.0 Å². The third-order valence-electron chi connectivity index (χ3n) is 1.48. The first-order valence-corrected chi connectivity index (χ1v) is 5.28. The van der Waals surface area contributed by atoms with Crippen LogP contribution in [0.3, 0.4) is 0 Å². The molecule has 0 aromatic heterocycles. The van der Waals surface area contributed by atoms with Crippen molar-refractivity contribution in [1.29, 1.82) is 0 Å². The Balaban J connectivity index is 3.70. The third-order valence-corrected chi connectivity index (χ3v) is 3.20. The van der Waals surface area contributed by atoms with Crippen molar-refractivity contribution in [1.82, 2.24) is 9.03 Å². The number of ether oxygens (including phenoxy) is 1. The zero-order chi connectivity index (χ0) is 9.61. The Morgan fingerprint density at radius 3 is 2.50 bits per heavy atom. The molecule has 0 fully saturated rings. The Morgan fingerprint density at radius 1 is 1.50 bits per heavy atom. The molecule has 0 spiro atoms. The first-order valence-electron chi connectivity index (χ1n) is 3.77. The predicted molar refractivity (Wildman–Crippen MR) is 51.0 cm³/mol. The van der Waals surface area contributed by atoms with Crippen molar-refractivity contribution in [3.8, 4) is 0 Å². The lowest BCUT2D eigenvalue weighted by atomic mass is 10.7. The van der Waals surface area contributed by atoms with E-state index in [-0.39, 0.29) is 0 Å². The number of hydrogen-bond donors (Lipinski definition) is 3. The predicted octanol–water partition coefficient (Wildman–Crippen LogP) is 0.755. The summed E-state index contributed by atoms with van der Waals surface area (Å²) in [5, 5.41) is 0. The van der Waals surface area contributed by atoms with E-state index in [0.717, 1.165) is 0 Å². The summed E-state index contributed by atoms with van der Waals surface area (Å²) in [4.78, 5) is 0. The van der Waals surface area contributed by atoms with E-state index in [4.69, 9.17) is 4.74 Å². The second-order valence-electron chi connectivity index (χ2n) is 2.35. The van der Waals surface area contributed by atoms with Crippen LogP contribution >= 0.6 is 11.0 Å². The highest BCUT2D eigenvalue weighted by molar-refractivity contribution is 8.20. The van der Waals surface area contributed by atoms with Gasteiger partial charge in [-0.2, -0.15) is 4.31 Å². The average Bonchev–Trinajstić information content (AvgIpc) is 2.03. The van der Waals surface area contributed by atoms with Gasteiger partial charge in [-0.3, -0.25) is 9.11 Å². The molecule has 0 radical (unpaired) electrons. The molecule has 0 aliphatic rings. The summed E-state index contributed by atoms with van der Waals surface area (Å²) in [6.45, 7) is 3.34. The molecule has 5 nitrogen and oxygen atoms in total. The van der Waals surface area contributed by atoms with Crippen molar-refractivity contribution in [2.75, 3.05) is 33.9 Å². The minimum atomic E-state index is -2.78. The fourth-order valence-corrected chi connectivity index (χ4v) is 1.51. The third kappa shape index (κ3) is 4.24. The number of methoxy groups -OCH3 is 1. The van der Waals surface area contributed by atoms with Gasteiger partial charge in [0.2, 0.25) is 0 Å². The molecule has 0 aromatic rings. The Hall–Kier alpha value is 0.150. The lowest BCUT2D eigenvalue weighted by molar-refractivity contribution is 0.202. The zero-order valence-corrected chi connectivity index (χ0v) is 8.60. The van der Waals surface area contributed by atoms with Crippen molar-refractivity contribution in [3.05, 3.63) is 0 Å². The molecule has 12 heavy (non-hydrogen) atoms. The molecule has 3 N–H and O–H groups in total. The van der Waals surface area contributed by atoms with Crippen LogP contribution in [0.1, 0.15) is 6.92 Å². The van der Waals surface area contributed by atoms with E-state index in [1.54, 1.807) is 14.2 Å². The molecule has 0 unspecified atom stereocenters. The number of nitrogens with one attached hydrogen (secondary N) is 1. The molecule has 0 aromatic carbocycles. The molecule has 0 aliphatic heterocycles.